The molecule has 3 aromatic heterocycles. The van der Waals surface area contributed by atoms with Crippen molar-refractivity contribution < 1.29 is 0 Å². The highest BCUT2D eigenvalue weighted by atomic mass is 32.1. The van der Waals surface area contributed by atoms with Gasteiger partial charge in [-0.25, -0.2) is 0 Å². The maximum Gasteiger partial charge on any atom is 0.0562 e. The molecule has 3 heterocycles. The maximum atomic E-state index is 2.48. The topological polar surface area (TPSA) is 9.86 Å². The molecule has 0 saturated heterocycles. The van der Waals surface area contributed by atoms with E-state index in [1.807, 2.05) is 11.3 Å². The van der Waals surface area contributed by atoms with E-state index in [4.69, 9.17) is 0 Å². The average Bonchev–Trinajstić information content (AvgIpc) is 3.85. The average molecular weight is 667 g/mol. The molecule has 0 saturated carbocycles. The number of thiophene rings is 1. The summed E-state index contributed by atoms with van der Waals surface area (Å²) in [5, 5.41) is 7.67. The second-order valence-corrected chi connectivity index (χ2v) is 14.4. The molecule has 0 bridgehead atoms. The lowest BCUT2D eigenvalue weighted by Gasteiger charge is -2.15. The number of para-hydroxylation sites is 3. The predicted molar refractivity (Wildman–Crippen MR) is 219 cm³/mol. The molecule has 0 spiro atoms. The molecule has 11 rings (SSSR count). The van der Waals surface area contributed by atoms with Gasteiger partial charge in [-0.15, -0.1) is 11.3 Å². The van der Waals surface area contributed by atoms with Crippen LogP contribution in [-0.2, 0) is 0 Å². The second kappa shape index (κ2) is 11.0. The number of hydrogen-bond acceptors (Lipinski definition) is 1. The SMILES string of the molecule is c1ccc(-c2cc(-c3cccc4c3sc3ccccc34)cc(-n3c4ccccc4c4cc5c6ccccc6n(-c6ccccc6)c5cc43)c2)cc1. The van der Waals surface area contributed by atoms with Gasteiger partial charge in [0.1, 0.15) is 0 Å². The van der Waals surface area contributed by atoms with Crippen LogP contribution in [0, 0.1) is 0 Å². The fraction of sp³-hybridized carbons (Fsp3) is 0. The van der Waals surface area contributed by atoms with Gasteiger partial charge < -0.3 is 9.13 Å². The van der Waals surface area contributed by atoms with E-state index in [0.29, 0.717) is 0 Å². The van der Waals surface area contributed by atoms with Crippen LogP contribution in [0.25, 0.3) is 97.4 Å². The van der Waals surface area contributed by atoms with Crippen LogP contribution in [0.4, 0.5) is 0 Å². The third-order valence-electron chi connectivity index (χ3n) is 10.5. The Morgan fingerprint density at radius 3 is 1.61 bits per heavy atom. The molecule has 8 aromatic carbocycles. The highest BCUT2D eigenvalue weighted by molar-refractivity contribution is 7.26. The predicted octanol–water partition coefficient (Wildman–Crippen LogP) is 13.6. The minimum absolute atomic E-state index is 1.15. The summed E-state index contributed by atoms with van der Waals surface area (Å²) < 4.78 is 7.55. The van der Waals surface area contributed by atoms with Gasteiger partial charge in [0.25, 0.3) is 0 Å². The van der Waals surface area contributed by atoms with Gasteiger partial charge in [-0.1, -0.05) is 121 Å². The van der Waals surface area contributed by atoms with Crippen LogP contribution in [0.5, 0.6) is 0 Å². The molecule has 0 amide bonds. The molecule has 0 radical (unpaired) electrons. The van der Waals surface area contributed by atoms with Gasteiger partial charge in [-0.2, -0.15) is 0 Å². The van der Waals surface area contributed by atoms with E-state index >= 15 is 0 Å². The number of benzene rings is 8. The molecular formula is C48H30N2S. The molecule has 11 aromatic rings. The summed E-state index contributed by atoms with van der Waals surface area (Å²) in [6.07, 6.45) is 0. The molecule has 238 valence electrons. The van der Waals surface area contributed by atoms with Gasteiger partial charge in [0.05, 0.1) is 22.1 Å². The molecule has 0 aliphatic heterocycles. The van der Waals surface area contributed by atoms with E-state index in [9.17, 15) is 0 Å². The van der Waals surface area contributed by atoms with E-state index in [1.165, 1.54) is 86.0 Å². The molecule has 0 N–H and O–H groups in total. The first kappa shape index (κ1) is 28.4. The molecule has 0 aliphatic carbocycles. The van der Waals surface area contributed by atoms with Gasteiger partial charge in [0, 0.05) is 53.1 Å². The van der Waals surface area contributed by atoms with Crippen LogP contribution in [0.15, 0.2) is 182 Å². The number of nitrogens with zero attached hydrogens (tertiary/aromatic N) is 2. The van der Waals surface area contributed by atoms with Crippen molar-refractivity contribution in [1.29, 1.82) is 0 Å². The van der Waals surface area contributed by atoms with Crippen molar-refractivity contribution in [2.75, 3.05) is 0 Å². The lowest BCUT2D eigenvalue weighted by Crippen LogP contribution is -1.97. The smallest absolute Gasteiger partial charge is 0.0562 e. The Hall–Kier alpha value is -6.42. The Morgan fingerprint density at radius 1 is 0.314 bits per heavy atom. The highest BCUT2D eigenvalue weighted by Gasteiger charge is 2.20. The minimum atomic E-state index is 1.15. The molecular weight excluding hydrogens is 637 g/mol. The van der Waals surface area contributed by atoms with Crippen molar-refractivity contribution in [2.45, 2.75) is 0 Å². The van der Waals surface area contributed by atoms with Crippen molar-refractivity contribution in [2.24, 2.45) is 0 Å². The van der Waals surface area contributed by atoms with Gasteiger partial charge in [-0.05, 0) is 82.9 Å². The van der Waals surface area contributed by atoms with Crippen molar-refractivity contribution in [3.63, 3.8) is 0 Å². The fourth-order valence-electron chi connectivity index (χ4n) is 8.23. The Labute approximate surface area is 298 Å². The molecule has 0 aliphatic rings. The summed E-state index contributed by atoms with van der Waals surface area (Å²) in [5.74, 6) is 0. The van der Waals surface area contributed by atoms with Gasteiger partial charge >= 0.3 is 0 Å². The van der Waals surface area contributed by atoms with Crippen LogP contribution in [0.3, 0.4) is 0 Å². The Balaban J connectivity index is 1.25. The molecule has 2 nitrogen and oxygen atoms in total. The lowest BCUT2D eigenvalue weighted by atomic mass is 9.96. The minimum Gasteiger partial charge on any atom is -0.309 e. The normalized spacial score (nSPS) is 11.9. The quantitative estimate of drug-likeness (QED) is 0.177. The number of aromatic nitrogens is 2. The molecule has 3 heteroatoms. The summed E-state index contributed by atoms with van der Waals surface area (Å²) in [6.45, 7) is 0. The van der Waals surface area contributed by atoms with E-state index in [0.717, 1.165) is 11.4 Å². The van der Waals surface area contributed by atoms with Crippen LogP contribution < -0.4 is 0 Å². The zero-order valence-corrected chi connectivity index (χ0v) is 28.4. The first-order chi connectivity index (χ1) is 25.3. The van der Waals surface area contributed by atoms with Crippen molar-refractivity contribution in [3.8, 4) is 33.6 Å². The Kier molecular flexibility index (Phi) is 6.16. The first-order valence-electron chi connectivity index (χ1n) is 17.4. The van der Waals surface area contributed by atoms with Crippen LogP contribution in [-0.4, -0.2) is 9.13 Å². The van der Waals surface area contributed by atoms with Gasteiger partial charge in [-0.3, -0.25) is 0 Å². The zero-order chi connectivity index (χ0) is 33.5. The van der Waals surface area contributed by atoms with E-state index in [2.05, 4.69) is 191 Å². The summed E-state index contributed by atoms with van der Waals surface area (Å²) in [6, 6.07) is 66.7. The zero-order valence-electron chi connectivity index (χ0n) is 27.6. The van der Waals surface area contributed by atoms with Crippen molar-refractivity contribution in [1.82, 2.24) is 9.13 Å². The second-order valence-electron chi connectivity index (χ2n) is 13.3. The van der Waals surface area contributed by atoms with Crippen LogP contribution >= 0.6 is 11.3 Å². The van der Waals surface area contributed by atoms with Crippen LogP contribution in [0.1, 0.15) is 0 Å². The van der Waals surface area contributed by atoms with Crippen LogP contribution in [0.2, 0.25) is 0 Å². The fourth-order valence-corrected chi connectivity index (χ4v) is 9.47. The van der Waals surface area contributed by atoms with Gasteiger partial charge in [0.15, 0.2) is 0 Å². The van der Waals surface area contributed by atoms with Crippen molar-refractivity contribution in [3.05, 3.63) is 182 Å². The molecule has 51 heavy (non-hydrogen) atoms. The maximum absolute atomic E-state index is 2.48. The Bertz CT molecular complexity index is 3130. The standard InChI is InChI=1S/C48H30N2S/c1-3-14-31(15-4-1)32-26-33(36-21-13-22-40-39-20-9-12-25-47(39)51-48(36)40)28-35(27-32)50-44-24-11-8-19-38(44)42-29-41-37-18-7-10-23-43(37)49(45(41)30-46(42)50)34-16-5-2-6-17-34/h1-30H. The van der Waals surface area contributed by atoms with E-state index in [1.54, 1.807) is 0 Å². The summed E-state index contributed by atoms with van der Waals surface area (Å²) in [7, 11) is 0. The third-order valence-corrected chi connectivity index (χ3v) is 11.7. The molecule has 0 unspecified atom stereocenters. The lowest BCUT2D eigenvalue weighted by molar-refractivity contribution is 1.17. The number of rotatable bonds is 4. The monoisotopic (exact) mass is 666 g/mol. The number of fused-ring (bicyclic) bond motifs is 9. The molecule has 0 fully saturated rings. The summed E-state index contributed by atoms with van der Waals surface area (Å²) in [5.41, 5.74) is 12.0. The largest absolute Gasteiger partial charge is 0.309 e. The number of hydrogen-bond donors (Lipinski definition) is 0. The first-order valence-corrected chi connectivity index (χ1v) is 18.3. The molecule has 0 atom stereocenters. The Morgan fingerprint density at radius 2 is 0.882 bits per heavy atom. The van der Waals surface area contributed by atoms with E-state index < -0.39 is 0 Å². The van der Waals surface area contributed by atoms with E-state index in [-0.39, 0.29) is 0 Å². The highest BCUT2D eigenvalue weighted by Crippen LogP contribution is 2.43. The van der Waals surface area contributed by atoms with Gasteiger partial charge in [0.2, 0.25) is 0 Å². The summed E-state index contributed by atoms with van der Waals surface area (Å²) >= 11 is 1.89. The third kappa shape index (κ3) is 4.29. The summed E-state index contributed by atoms with van der Waals surface area (Å²) in [4.78, 5) is 0. The van der Waals surface area contributed by atoms with Crippen molar-refractivity contribution >= 4 is 75.1 Å².